The van der Waals surface area contributed by atoms with Gasteiger partial charge in [-0.25, -0.2) is 0 Å². The molecule has 4 heteroatoms. The molecule has 3 nitrogen and oxygen atoms in total. The molecule has 0 aromatic heterocycles. The zero-order chi connectivity index (χ0) is 15.6. The number of nitrogens with zero attached hydrogens (tertiary/aromatic N) is 2. The molecular weight excluding hydrogens is 326 g/mol. The van der Waals surface area contributed by atoms with E-state index in [-0.39, 0.29) is 6.04 Å². The van der Waals surface area contributed by atoms with Gasteiger partial charge >= 0.3 is 0 Å². The van der Waals surface area contributed by atoms with E-state index in [1.807, 2.05) is 0 Å². The number of hydrogen-bond donors (Lipinski definition) is 1. The molecule has 0 spiro atoms. The van der Waals surface area contributed by atoms with Crippen LogP contribution in [-0.2, 0) is 6.42 Å². The summed E-state index contributed by atoms with van der Waals surface area (Å²) in [4.78, 5) is 4.95. The maximum atomic E-state index is 6.07. The van der Waals surface area contributed by atoms with E-state index in [1.54, 1.807) is 0 Å². The van der Waals surface area contributed by atoms with Gasteiger partial charge in [-0.2, -0.15) is 0 Å². The van der Waals surface area contributed by atoms with E-state index in [9.17, 15) is 0 Å². The summed E-state index contributed by atoms with van der Waals surface area (Å²) in [5, 5.41) is 0. The Balaban J connectivity index is 2.13. The predicted molar refractivity (Wildman–Crippen MR) is 95.0 cm³/mol. The van der Waals surface area contributed by atoms with E-state index >= 15 is 0 Å². The fourth-order valence-electron chi connectivity index (χ4n) is 2.94. The highest BCUT2D eigenvalue weighted by molar-refractivity contribution is 9.10. The van der Waals surface area contributed by atoms with Crippen molar-refractivity contribution < 1.29 is 0 Å². The van der Waals surface area contributed by atoms with Gasteiger partial charge in [0, 0.05) is 41.4 Å². The molecule has 3 unspecified atom stereocenters. The van der Waals surface area contributed by atoms with Gasteiger partial charge in [0.1, 0.15) is 0 Å². The predicted octanol–water partition coefficient (Wildman–Crippen LogP) is 3.26. The summed E-state index contributed by atoms with van der Waals surface area (Å²) in [5.74, 6) is 0. The number of likely N-dealkylation sites (N-methyl/N-ethyl adjacent to an activating group) is 1. The van der Waals surface area contributed by atoms with Gasteiger partial charge in [-0.3, -0.25) is 4.90 Å². The molecule has 1 fully saturated rings. The van der Waals surface area contributed by atoms with E-state index in [4.69, 9.17) is 5.73 Å². The van der Waals surface area contributed by atoms with Crippen molar-refractivity contribution in [1.29, 1.82) is 0 Å². The molecule has 1 aromatic carbocycles. The average Bonchev–Trinajstić information content (AvgIpc) is 2.46. The van der Waals surface area contributed by atoms with E-state index in [0.717, 1.165) is 25.9 Å². The second-order valence-electron chi connectivity index (χ2n) is 6.42. The van der Waals surface area contributed by atoms with Crippen molar-refractivity contribution >= 4 is 21.6 Å². The average molecular weight is 354 g/mol. The highest BCUT2D eigenvalue weighted by Gasteiger charge is 2.26. The zero-order valence-corrected chi connectivity index (χ0v) is 15.2. The lowest BCUT2D eigenvalue weighted by Crippen LogP contribution is -2.55. The lowest BCUT2D eigenvalue weighted by atomic mass is 10.0. The van der Waals surface area contributed by atoms with Gasteiger partial charge in [-0.1, -0.05) is 28.9 Å². The van der Waals surface area contributed by atoms with Gasteiger partial charge in [-0.05, 0) is 51.4 Å². The van der Waals surface area contributed by atoms with E-state index < -0.39 is 0 Å². The molecule has 0 radical (unpaired) electrons. The Bertz CT molecular complexity index is 465. The summed E-state index contributed by atoms with van der Waals surface area (Å²) in [6.45, 7) is 8.90. The Kier molecular flexibility index (Phi) is 5.69. The van der Waals surface area contributed by atoms with Crippen molar-refractivity contribution in [3.05, 3.63) is 28.2 Å². The van der Waals surface area contributed by atoms with Crippen molar-refractivity contribution in [2.24, 2.45) is 5.73 Å². The molecule has 0 aliphatic carbocycles. The quantitative estimate of drug-likeness (QED) is 0.901. The highest BCUT2D eigenvalue weighted by Crippen LogP contribution is 2.27. The first-order valence-corrected chi connectivity index (χ1v) is 8.72. The Labute approximate surface area is 137 Å². The highest BCUT2D eigenvalue weighted by atomic mass is 79.9. The molecule has 1 aromatic rings. The maximum Gasteiger partial charge on any atom is 0.0378 e. The summed E-state index contributed by atoms with van der Waals surface area (Å²) in [7, 11) is 2.22. The molecule has 0 bridgehead atoms. The van der Waals surface area contributed by atoms with Crippen molar-refractivity contribution in [3.63, 3.8) is 0 Å². The van der Waals surface area contributed by atoms with E-state index in [0.29, 0.717) is 12.1 Å². The third-order valence-electron chi connectivity index (χ3n) is 4.77. The standard InChI is InChI=1S/C17H28BrN3/c1-5-15(19)8-14-6-7-16(9-17(14)18)21-10-12(2)20(4)13(3)11-21/h6-7,9,12-13,15H,5,8,10-11,19H2,1-4H3. The van der Waals surface area contributed by atoms with E-state index in [2.05, 4.69) is 71.7 Å². The van der Waals surface area contributed by atoms with Crippen LogP contribution in [0.5, 0.6) is 0 Å². The number of anilines is 1. The topological polar surface area (TPSA) is 32.5 Å². The smallest absolute Gasteiger partial charge is 0.0378 e. The van der Waals surface area contributed by atoms with Crippen LogP contribution in [0.4, 0.5) is 5.69 Å². The van der Waals surface area contributed by atoms with Crippen LogP contribution in [0.25, 0.3) is 0 Å². The molecule has 2 rings (SSSR count). The molecule has 1 saturated heterocycles. The van der Waals surface area contributed by atoms with Gasteiger partial charge in [0.15, 0.2) is 0 Å². The van der Waals surface area contributed by atoms with Gasteiger partial charge < -0.3 is 10.6 Å². The third kappa shape index (κ3) is 3.99. The molecule has 21 heavy (non-hydrogen) atoms. The summed E-state index contributed by atoms with van der Waals surface area (Å²) in [6.07, 6.45) is 1.95. The largest absolute Gasteiger partial charge is 0.368 e. The summed E-state index contributed by atoms with van der Waals surface area (Å²) in [6, 6.07) is 8.13. The summed E-state index contributed by atoms with van der Waals surface area (Å²) in [5.41, 5.74) is 8.69. The lowest BCUT2D eigenvalue weighted by molar-refractivity contribution is 0.170. The SMILES string of the molecule is CCC(N)Cc1ccc(N2CC(C)N(C)C(C)C2)cc1Br. The second kappa shape index (κ2) is 7.12. The molecule has 1 aliphatic rings. The van der Waals surface area contributed by atoms with Crippen LogP contribution in [0.2, 0.25) is 0 Å². The Morgan fingerprint density at radius 2 is 1.90 bits per heavy atom. The maximum absolute atomic E-state index is 6.07. The molecular formula is C17H28BrN3. The van der Waals surface area contributed by atoms with Crippen LogP contribution in [0.1, 0.15) is 32.8 Å². The van der Waals surface area contributed by atoms with Crippen LogP contribution in [-0.4, -0.2) is 43.2 Å². The fraction of sp³-hybridized carbons (Fsp3) is 0.647. The molecule has 1 heterocycles. The Morgan fingerprint density at radius 1 is 1.29 bits per heavy atom. The fourth-order valence-corrected chi connectivity index (χ4v) is 3.47. The number of nitrogens with two attached hydrogens (primary N) is 1. The van der Waals surface area contributed by atoms with Crippen LogP contribution in [0, 0.1) is 0 Å². The summed E-state index contributed by atoms with van der Waals surface area (Å²) < 4.78 is 1.18. The van der Waals surface area contributed by atoms with Gasteiger partial charge in [0.2, 0.25) is 0 Å². The first kappa shape index (κ1) is 16.8. The van der Waals surface area contributed by atoms with E-state index in [1.165, 1.54) is 15.7 Å². The molecule has 118 valence electrons. The third-order valence-corrected chi connectivity index (χ3v) is 5.51. The molecule has 3 atom stereocenters. The normalized spacial score (nSPS) is 25.1. The number of piperazine rings is 1. The minimum absolute atomic E-state index is 0.246. The molecule has 2 N–H and O–H groups in total. The van der Waals surface area contributed by atoms with Crippen molar-refractivity contribution in [2.75, 3.05) is 25.0 Å². The van der Waals surface area contributed by atoms with Gasteiger partial charge in [-0.15, -0.1) is 0 Å². The molecule has 0 saturated carbocycles. The minimum Gasteiger partial charge on any atom is -0.368 e. The van der Waals surface area contributed by atoms with Gasteiger partial charge in [0.05, 0.1) is 0 Å². The van der Waals surface area contributed by atoms with Crippen LogP contribution >= 0.6 is 15.9 Å². The Hall–Kier alpha value is -0.580. The van der Waals surface area contributed by atoms with Crippen LogP contribution in [0.3, 0.4) is 0 Å². The van der Waals surface area contributed by atoms with Crippen molar-refractivity contribution in [2.45, 2.75) is 51.7 Å². The Morgan fingerprint density at radius 3 is 2.43 bits per heavy atom. The monoisotopic (exact) mass is 353 g/mol. The minimum atomic E-state index is 0.246. The van der Waals surface area contributed by atoms with Crippen LogP contribution < -0.4 is 10.6 Å². The van der Waals surface area contributed by atoms with Crippen LogP contribution in [0.15, 0.2) is 22.7 Å². The molecule has 1 aliphatic heterocycles. The number of halogens is 1. The van der Waals surface area contributed by atoms with Gasteiger partial charge in [0.25, 0.3) is 0 Å². The van der Waals surface area contributed by atoms with Crippen molar-refractivity contribution in [1.82, 2.24) is 4.90 Å². The molecule has 0 amide bonds. The first-order chi connectivity index (χ1) is 9.92. The second-order valence-corrected chi connectivity index (χ2v) is 7.27. The number of hydrogen-bond acceptors (Lipinski definition) is 3. The lowest BCUT2D eigenvalue weighted by Gasteiger charge is -2.43. The zero-order valence-electron chi connectivity index (χ0n) is 13.6. The summed E-state index contributed by atoms with van der Waals surface area (Å²) >= 11 is 3.72. The number of benzene rings is 1. The number of rotatable bonds is 4. The first-order valence-electron chi connectivity index (χ1n) is 7.93. The van der Waals surface area contributed by atoms with Crippen molar-refractivity contribution in [3.8, 4) is 0 Å².